The number of fused-ring (bicyclic) bond motifs is 5. The van der Waals surface area contributed by atoms with Crippen molar-refractivity contribution in [2.45, 2.75) is 62.1 Å². The summed E-state index contributed by atoms with van der Waals surface area (Å²) in [5, 5.41) is 10.7. The molecule has 0 amide bonds. The Bertz CT molecular complexity index is 1710. The van der Waals surface area contributed by atoms with Crippen LogP contribution in [0.25, 0.3) is 32.9 Å². The van der Waals surface area contributed by atoms with E-state index in [9.17, 15) is 17.6 Å². The summed E-state index contributed by atoms with van der Waals surface area (Å²) in [4.78, 5) is 13.4. The molecular weight excluding hydrogens is 569 g/mol. The van der Waals surface area contributed by atoms with Crippen LogP contribution >= 0.6 is 0 Å². The molecule has 4 atom stereocenters. The first-order valence-electron chi connectivity index (χ1n) is 14.8. The highest BCUT2D eigenvalue weighted by Gasteiger charge is 2.49. The number of hydrogen-bond donors (Lipinski definition) is 2. The monoisotopic (exact) mass is 599 g/mol. The van der Waals surface area contributed by atoms with Crippen LogP contribution in [-0.2, 0) is 6.18 Å². The Hall–Kier alpha value is -3.58. The van der Waals surface area contributed by atoms with Gasteiger partial charge in [0.1, 0.15) is 24.1 Å². The molecule has 4 aliphatic rings. The van der Waals surface area contributed by atoms with Crippen LogP contribution in [0.15, 0.2) is 30.5 Å². The lowest BCUT2D eigenvalue weighted by molar-refractivity contribution is -0.137. The third-order valence-corrected chi connectivity index (χ3v) is 9.71. The van der Waals surface area contributed by atoms with Crippen LogP contribution in [0, 0.1) is 5.82 Å². The topological polar surface area (TPSA) is 82.2 Å². The standard InChI is InChI=1S/C30H30F5N7O/c31-16-10-29(8-1-9-42(29)12-16)15-43-28-38-26-20(27(39-28)41-13-17-2-3-18(14-41)37-17)5-4-19(25(26)32)24-21-11-36-40-23(21)7-6-22(24)30(33,34)35/h4-7,11,16-18,37H,1-3,8-10,12-15H2,(H,36,40)/t16-,17-,18+,29+/m1/s1. The molecule has 4 fully saturated rings. The van der Waals surface area contributed by atoms with Crippen molar-refractivity contribution in [1.29, 1.82) is 0 Å². The molecule has 43 heavy (non-hydrogen) atoms. The largest absolute Gasteiger partial charge is 0.461 e. The molecule has 4 saturated heterocycles. The minimum absolute atomic E-state index is 0.0643. The van der Waals surface area contributed by atoms with E-state index in [-0.39, 0.29) is 46.7 Å². The number of nitrogens with zero attached hydrogens (tertiary/aromatic N) is 5. The van der Waals surface area contributed by atoms with E-state index < -0.39 is 29.3 Å². The first-order valence-corrected chi connectivity index (χ1v) is 14.8. The molecule has 0 spiro atoms. The molecule has 0 radical (unpaired) electrons. The van der Waals surface area contributed by atoms with Crippen molar-refractivity contribution in [2.24, 2.45) is 0 Å². The molecule has 2 bridgehead atoms. The lowest BCUT2D eigenvalue weighted by Crippen LogP contribution is -2.51. The summed E-state index contributed by atoms with van der Waals surface area (Å²) in [6.07, 6.45) is -0.302. The van der Waals surface area contributed by atoms with Crippen molar-refractivity contribution in [2.75, 3.05) is 37.7 Å². The average Bonchev–Trinajstić information content (AvgIpc) is 3.74. The third-order valence-electron chi connectivity index (χ3n) is 9.71. The molecule has 2 N–H and O–H groups in total. The van der Waals surface area contributed by atoms with Gasteiger partial charge in [-0.3, -0.25) is 10.00 Å². The van der Waals surface area contributed by atoms with E-state index in [1.54, 1.807) is 6.07 Å². The Morgan fingerprint density at radius 2 is 1.84 bits per heavy atom. The Morgan fingerprint density at radius 3 is 2.63 bits per heavy atom. The second kappa shape index (κ2) is 9.71. The maximum Gasteiger partial charge on any atom is 0.417 e. The van der Waals surface area contributed by atoms with Crippen molar-refractivity contribution in [3.63, 3.8) is 0 Å². The van der Waals surface area contributed by atoms with E-state index in [0.29, 0.717) is 42.8 Å². The molecule has 0 aliphatic carbocycles. The van der Waals surface area contributed by atoms with Gasteiger partial charge in [-0.1, -0.05) is 6.07 Å². The summed E-state index contributed by atoms with van der Waals surface area (Å²) in [6, 6.07) is 5.64. The van der Waals surface area contributed by atoms with Gasteiger partial charge in [0.25, 0.3) is 0 Å². The Balaban J connectivity index is 1.27. The number of aromatic nitrogens is 4. The summed E-state index contributed by atoms with van der Waals surface area (Å²) in [6.45, 7) is 2.60. The summed E-state index contributed by atoms with van der Waals surface area (Å²) in [5.74, 6) is -0.411. The van der Waals surface area contributed by atoms with Crippen molar-refractivity contribution >= 4 is 27.6 Å². The lowest BCUT2D eigenvalue weighted by atomic mass is 9.94. The van der Waals surface area contributed by atoms with Crippen LogP contribution in [0.3, 0.4) is 0 Å². The number of hydrogen-bond acceptors (Lipinski definition) is 7. The summed E-state index contributed by atoms with van der Waals surface area (Å²) >= 11 is 0. The molecule has 4 aliphatic heterocycles. The van der Waals surface area contributed by atoms with Gasteiger partial charge >= 0.3 is 12.2 Å². The number of anilines is 1. The molecular formula is C30H30F5N7O. The lowest BCUT2D eigenvalue weighted by Gasteiger charge is -2.34. The third kappa shape index (κ3) is 4.42. The Kier molecular flexibility index (Phi) is 6.10. The number of halogens is 5. The van der Waals surface area contributed by atoms with Gasteiger partial charge in [0.05, 0.1) is 22.8 Å². The zero-order valence-corrected chi connectivity index (χ0v) is 23.2. The highest BCUT2D eigenvalue weighted by molar-refractivity contribution is 6.00. The van der Waals surface area contributed by atoms with Gasteiger partial charge in [0.15, 0.2) is 5.82 Å². The van der Waals surface area contributed by atoms with Crippen molar-refractivity contribution < 1.29 is 26.7 Å². The number of ether oxygens (including phenoxy) is 1. The second-order valence-corrected chi connectivity index (χ2v) is 12.4. The maximum absolute atomic E-state index is 16.6. The van der Waals surface area contributed by atoms with E-state index in [0.717, 1.165) is 38.3 Å². The van der Waals surface area contributed by atoms with Crippen molar-refractivity contribution in [3.05, 3.63) is 41.8 Å². The van der Waals surface area contributed by atoms with Gasteiger partial charge in [-0.25, -0.2) is 8.78 Å². The molecule has 6 heterocycles. The Labute approximate surface area is 243 Å². The number of nitrogens with one attached hydrogen (secondary N) is 2. The molecule has 0 unspecified atom stereocenters. The van der Waals surface area contributed by atoms with Gasteiger partial charge in [0, 0.05) is 60.0 Å². The average molecular weight is 600 g/mol. The fourth-order valence-electron chi connectivity index (χ4n) is 7.79. The first-order chi connectivity index (χ1) is 20.7. The minimum atomic E-state index is -4.73. The fraction of sp³-hybridized carbons (Fsp3) is 0.500. The predicted molar refractivity (Wildman–Crippen MR) is 150 cm³/mol. The van der Waals surface area contributed by atoms with E-state index in [2.05, 4.69) is 30.3 Å². The SMILES string of the molecule is Fc1c(-c2c(C(F)(F)F)ccc3[nH]ncc23)ccc2c(N3C[C@H]4CC[C@@H](C3)N4)nc(OC[C@@]34CCCN3C[C@H](F)C4)nc12. The normalized spacial score (nSPS) is 27.5. The van der Waals surface area contributed by atoms with Crippen molar-refractivity contribution in [1.82, 2.24) is 30.4 Å². The van der Waals surface area contributed by atoms with Gasteiger partial charge in [-0.15, -0.1) is 0 Å². The van der Waals surface area contributed by atoms with Crippen LogP contribution in [-0.4, -0.2) is 81.6 Å². The van der Waals surface area contributed by atoms with Crippen LogP contribution in [0.1, 0.15) is 37.7 Å². The van der Waals surface area contributed by atoms with E-state index in [1.807, 2.05) is 0 Å². The number of piperazine rings is 1. The highest BCUT2D eigenvalue weighted by atomic mass is 19.4. The van der Waals surface area contributed by atoms with Crippen LogP contribution in [0.2, 0.25) is 0 Å². The van der Waals surface area contributed by atoms with Crippen LogP contribution in [0.4, 0.5) is 27.8 Å². The number of rotatable bonds is 5. The molecule has 4 aromatic rings. The molecule has 2 aromatic heterocycles. The molecule has 0 saturated carbocycles. The number of H-pyrrole nitrogens is 1. The second-order valence-electron chi connectivity index (χ2n) is 12.4. The molecule has 8 rings (SSSR count). The predicted octanol–water partition coefficient (Wildman–Crippen LogP) is 5.23. The van der Waals surface area contributed by atoms with Crippen molar-refractivity contribution in [3.8, 4) is 17.1 Å². The smallest absolute Gasteiger partial charge is 0.417 e. The zero-order chi connectivity index (χ0) is 29.5. The Morgan fingerprint density at radius 1 is 1.02 bits per heavy atom. The van der Waals surface area contributed by atoms with Gasteiger partial charge in [0.2, 0.25) is 0 Å². The number of aromatic amines is 1. The van der Waals surface area contributed by atoms with Gasteiger partial charge in [-0.05, 0) is 50.4 Å². The van der Waals surface area contributed by atoms with E-state index in [4.69, 9.17) is 9.72 Å². The number of benzene rings is 2. The van der Waals surface area contributed by atoms with Gasteiger partial charge < -0.3 is 15.0 Å². The molecule has 2 aromatic carbocycles. The van der Waals surface area contributed by atoms with E-state index in [1.165, 1.54) is 18.3 Å². The van der Waals surface area contributed by atoms with E-state index >= 15 is 4.39 Å². The zero-order valence-electron chi connectivity index (χ0n) is 23.2. The molecule has 13 heteroatoms. The summed E-state index contributed by atoms with van der Waals surface area (Å²) in [7, 11) is 0. The molecule has 226 valence electrons. The quantitative estimate of drug-likeness (QED) is 0.304. The van der Waals surface area contributed by atoms with Gasteiger partial charge in [-0.2, -0.15) is 28.2 Å². The van der Waals surface area contributed by atoms with Crippen LogP contribution in [0.5, 0.6) is 6.01 Å². The summed E-state index contributed by atoms with van der Waals surface area (Å²) in [5.41, 5.74) is -1.74. The number of alkyl halides is 4. The fourth-order valence-corrected chi connectivity index (χ4v) is 7.79. The summed E-state index contributed by atoms with van der Waals surface area (Å²) < 4.78 is 79.8. The van der Waals surface area contributed by atoms with Crippen LogP contribution < -0.4 is 15.0 Å². The first kappa shape index (κ1) is 27.0. The minimum Gasteiger partial charge on any atom is -0.461 e. The molecule has 8 nitrogen and oxygen atoms in total. The highest BCUT2D eigenvalue weighted by Crippen LogP contribution is 2.44. The maximum atomic E-state index is 16.6.